The van der Waals surface area contributed by atoms with E-state index in [1.807, 2.05) is 0 Å². The molecule has 98 valence electrons. The van der Waals surface area contributed by atoms with Crippen molar-refractivity contribution in [2.24, 2.45) is 5.92 Å². The molecule has 1 saturated heterocycles. The van der Waals surface area contributed by atoms with E-state index in [9.17, 15) is 21.6 Å². The quantitative estimate of drug-likeness (QED) is 0.745. The van der Waals surface area contributed by atoms with Crippen LogP contribution in [0.15, 0.2) is 0 Å². The number of halogens is 3. The van der Waals surface area contributed by atoms with Crippen molar-refractivity contribution < 1.29 is 21.6 Å². The Hall–Kier alpha value is -0.810. The van der Waals surface area contributed by atoms with Crippen LogP contribution in [0.1, 0.15) is 6.92 Å². The fourth-order valence-electron chi connectivity index (χ4n) is 1.76. The second kappa shape index (κ2) is 4.82. The number of nitrogens with zero attached hydrogens (tertiary/aromatic N) is 2. The zero-order valence-corrected chi connectivity index (χ0v) is 10.1. The Morgan fingerprint density at radius 1 is 1.53 bits per heavy atom. The Kier molecular flexibility index (Phi) is 4.04. The van der Waals surface area contributed by atoms with Crippen molar-refractivity contribution >= 4 is 9.84 Å². The van der Waals surface area contributed by atoms with E-state index in [1.165, 1.54) is 11.0 Å². The van der Waals surface area contributed by atoms with Crippen molar-refractivity contribution in [2.45, 2.75) is 19.1 Å². The van der Waals surface area contributed by atoms with Crippen LogP contribution in [0.5, 0.6) is 0 Å². The number of alkyl halides is 3. The van der Waals surface area contributed by atoms with Gasteiger partial charge in [0.15, 0.2) is 15.8 Å². The van der Waals surface area contributed by atoms with Gasteiger partial charge in [-0.1, -0.05) is 0 Å². The SMILES string of the molecule is CC1CS(=O)(=O)CCN1CC(C#N)C(F)(F)F. The summed E-state index contributed by atoms with van der Waals surface area (Å²) in [5.74, 6) is -2.36. The van der Waals surface area contributed by atoms with Crippen LogP contribution in [0.3, 0.4) is 0 Å². The van der Waals surface area contributed by atoms with Gasteiger partial charge in [-0.05, 0) is 6.92 Å². The summed E-state index contributed by atoms with van der Waals surface area (Å²) in [6.07, 6.45) is -4.56. The van der Waals surface area contributed by atoms with Crippen LogP contribution in [0.25, 0.3) is 0 Å². The molecule has 2 atom stereocenters. The average molecular weight is 270 g/mol. The van der Waals surface area contributed by atoms with Crippen LogP contribution in [0.2, 0.25) is 0 Å². The van der Waals surface area contributed by atoms with E-state index in [4.69, 9.17) is 5.26 Å². The van der Waals surface area contributed by atoms with Crippen LogP contribution in [-0.2, 0) is 9.84 Å². The van der Waals surface area contributed by atoms with Crippen molar-refractivity contribution in [3.63, 3.8) is 0 Å². The molecule has 0 spiro atoms. The molecule has 17 heavy (non-hydrogen) atoms. The van der Waals surface area contributed by atoms with Crippen molar-refractivity contribution in [1.82, 2.24) is 4.90 Å². The van der Waals surface area contributed by atoms with Crippen molar-refractivity contribution in [3.05, 3.63) is 0 Å². The molecule has 0 aromatic rings. The molecular weight excluding hydrogens is 257 g/mol. The van der Waals surface area contributed by atoms with Gasteiger partial charge in [-0.2, -0.15) is 18.4 Å². The third-order valence-corrected chi connectivity index (χ3v) is 4.57. The molecule has 2 unspecified atom stereocenters. The Morgan fingerprint density at radius 2 is 2.12 bits per heavy atom. The van der Waals surface area contributed by atoms with Gasteiger partial charge >= 0.3 is 6.18 Å². The molecule has 4 nitrogen and oxygen atoms in total. The highest BCUT2D eigenvalue weighted by atomic mass is 32.2. The van der Waals surface area contributed by atoms with Gasteiger partial charge in [-0.3, -0.25) is 4.90 Å². The monoisotopic (exact) mass is 270 g/mol. The maximum Gasteiger partial charge on any atom is 0.405 e. The number of hydrogen-bond acceptors (Lipinski definition) is 4. The largest absolute Gasteiger partial charge is 0.405 e. The number of nitriles is 1. The minimum absolute atomic E-state index is 0.0533. The lowest BCUT2D eigenvalue weighted by atomic mass is 10.1. The first-order valence-corrected chi connectivity index (χ1v) is 6.88. The predicted octanol–water partition coefficient (Wildman–Crippen LogP) is 0.807. The van der Waals surface area contributed by atoms with E-state index in [0.29, 0.717) is 0 Å². The van der Waals surface area contributed by atoms with Crippen molar-refractivity contribution in [2.75, 3.05) is 24.6 Å². The van der Waals surface area contributed by atoms with Gasteiger partial charge in [0, 0.05) is 19.1 Å². The van der Waals surface area contributed by atoms with Gasteiger partial charge < -0.3 is 0 Å². The maximum atomic E-state index is 12.4. The summed E-state index contributed by atoms with van der Waals surface area (Å²) in [6.45, 7) is 1.15. The first kappa shape index (κ1) is 14.3. The molecule has 8 heteroatoms. The zero-order chi connectivity index (χ0) is 13.3. The predicted molar refractivity (Wildman–Crippen MR) is 54.8 cm³/mol. The Balaban J connectivity index is 2.68. The topological polar surface area (TPSA) is 61.2 Å². The highest BCUT2D eigenvalue weighted by molar-refractivity contribution is 7.91. The lowest BCUT2D eigenvalue weighted by Gasteiger charge is -2.34. The summed E-state index contributed by atoms with van der Waals surface area (Å²) in [5, 5.41) is 8.47. The summed E-state index contributed by atoms with van der Waals surface area (Å²) in [7, 11) is -3.15. The summed E-state index contributed by atoms with van der Waals surface area (Å²) in [4.78, 5) is 1.41. The fourth-order valence-corrected chi connectivity index (χ4v) is 3.38. The van der Waals surface area contributed by atoms with E-state index in [-0.39, 0.29) is 18.1 Å². The second-order valence-electron chi connectivity index (χ2n) is 4.18. The first-order chi connectivity index (χ1) is 7.65. The first-order valence-electron chi connectivity index (χ1n) is 5.06. The van der Waals surface area contributed by atoms with Gasteiger partial charge in [-0.15, -0.1) is 0 Å². The van der Waals surface area contributed by atoms with E-state index in [2.05, 4.69) is 0 Å². The van der Waals surface area contributed by atoms with Crippen LogP contribution in [0.4, 0.5) is 13.2 Å². The van der Waals surface area contributed by atoms with Crippen LogP contribution in [0, 0.1) is 17.2 Å². The molecule has 0 aromatic carbocycles. The van der Waals surface area contributed by atoms with Crippen LogP contribution < -0.4 is 0 Å². The molecule has 0 saturated carbocycles. The van der Waals surface area contributed by atoms with E-state index in [1.54, 1.807) is 6.92 Å². The summed E-state index contributed by atoms with van der Waals surface area (Å²) in [6, 6.07) is 0.735. The van der Waals surface area contributed by atoms with Crippen LogP contribution in [-0.4, -0.2) is 50.1 Å². The number of rotatable bonds is 2. The molecule has 0 amide bonds. The summed E-state index contributed by atoms with van der Waals surface area (Å²) >= 11 is 0. The minimum atomic E-state index is -4.56. The van der Waals surface area contributed by atoms with Crippen LogP contribution >= 0.6 is 0 Å². The number of hydrogen-bond donors (Lipinski definition) is 0. The smallest absolute Gasteiger partial charge is 0.297 e. The highest BCUT2D eigenvalue weighted by Crippen LogP contribution is 2.27. The molecule has 1 aliphatic rings. The van der Waals surface area contributed by atoms with Gasteiger partial charge in [0.1, 0.15) is 0 Å². The standard InChI is InChI=1S/C9H13F3N2O2S/c1-7-6-17(15,16)3-2-14(7)5-8(4-13)9(10,11)12/h7-8H,2-3,5-6H2,1H3. The van der Waals surface area contributed by atoms with E-state index in [0.717, 1.165) is 0 Å². The number of sulfone groups is 1. The molecule has 1 aliphatic heterocycles. The third-order valence-electron chi connectivity index (χ3n) is 2.78. The van der Waals surface area contributed by atoms with Gasteiger partial charge in [0.2, 0.25) is 0 Å². The molecule has 1 fully saturated rings. The highest BCUT2D eigenvalue weighted by Gasteiger charge is 2.42. The summed E-state index contributed by atoms with van der Waals surface area (Å²) < 4.78 is 59.7. The maximum absolute atomic E-state index is 12.4. The molecule has 0 radical (unpaired) electrons. The van der Waals surface area contributed by atoms with Gasteiger partial charge in [0.25, 0.3) is 0 Å². The minimum Gasteiger partial charge on any atom is -0.297 e. The fraction of sp³-hybridized carbons (Fsp3) is 0.889. The van der Waals surface area contributed by atoms with E-state index >= 15 is 0 Å². The molecule has 0 aliphatic carbocycles. The second-order valence-corrected chi connectivity index (χ2v) is 6.41. The molecular formula is C9H13F3N2O2S. The van der Waals surface area contributed by atoms with Crippen molar-refractivity contribution in [1.29, 1.82) is 5.26 Å². The van der Waals surface area contributed by atoms with Gasteiger partial charge in [-0.25, -0.2) is 8.42 Å². The molecule has 1 rings (SSSR count). The van der Waals surface area contributed by atoms with Crippen molar-refractivity contribution in [3.8, 4) is 6.07 Å². The van der Waals surface area contributed by atoms with Gasteiger partial charge in [0.05, 0.1) is 17.6 Å². The van der Waals surface area contributed by atoms with E-state index < -0.39 is 34.5 Å². The lowest BCUT2D eigenvalue weighted by molar-refractivity contribution is -0.164. The lowest BCUT2D eigenvalue weighted by Crippen LogP contribution is -2.50. The molecule has 0 bridgehead atoms. The Morgan fingerprint density at radius 3 is 2.53 bits per heavy atom. The molecule has 1 heterocycles. The average Bonchev–Trinajstić information content (AvgIpc) is 2.13. The Labute approximate surface area is 97.9 Å². The molecule has 0 aromatic heterocycles. The third kappa shape index (κ3) is 3.85. The Bertz CT molecular complexity index is 413. The summed E-state index contributed by atoms with van der Waals surface area (Å²) in [5.41, 5.74) is 0. The molecule has 0 N–H and O–H groups in total. The normalized spacial score (nSPS) is 27.4. The zero-order valence-electron chi connectivity index (χ0n) is 9.24.